The van der Waals surface area contributed by atoms with Crippen LogP contribution in [0, 0.1) is 0 Å². The Morgan fingerprint density at radius 1 is 1.21 bits per heavy atom. The van der Waals surface area contributed by atoms with Crippen LogP contribution in [0.25, 0.3) is 0 Å². The van der Waals surface area contributed by atoms with E-state index in [4.69, 9.17) is 5.73 Å². The maximum absolute atomic E-state index is 11.8. The summed E-state index contributed by atoms with van der Waals surface area (Å²) in [6.07, 6.45) is -4.34. The van der Waals surface area contributed by atoms with Crippen molar-refractivity contribution < 1.29 is 22.7 Å². The van der Waals surface area contributed by atoms with Crippen LogP contribution in [0.15, 0.2) is 0 Å². The normalized spacial score (nSPS) is 17.8. The molecule has 19 heavy (non-hydrogen) atoms. The molecule has 0 aromatic carbocycles. The van der Waals surface area contributed by atoms with Gasteiger partial charge in [-0.3, -0.25) is 9.69 Å². The van der Waals surface area contributed by atoms with Gasteiger partial charge >= 0.3 is 6.18 Å². The van der Waals surface area contributed by atoms with Gasteiger partial charge < -0.3 is 15.4 Å². The van der Waals surface area contributed by atoms with Crippen LogP contribution in [-0.2, 0) is 9.53 Å². The Balaban J connectivity index is 2.14. The second-order valence-electron chi connectivity index (χ2n) is 4.43. The zero-order valence-electron chi connectivity index (χ0n) is 10.8. The summed E-state index contributed by atoms with van der Waals surface area (Å²) >= 11 is 0. The highest BCUT2D eigenvalue weighted by atomic mass is 19.4. The first-order valence-corrected chi connectivity index (χ1v) is 6.27. The van der Waals surface area contributed by atoms with E-state index >= 15 is 0 Å². The third-order valence-corrected chi connectivity index (χ3v) is 2.90. The summed E-state index contributed by atoms with van der Waals surface area (Å²) in [5.41, 5.74) is 5.44. The summed E-state index contributed by atoms with van der Waals surface area (Å²) < 4.78 is 39.9. The number of nitrogens with two attached hydrogens (primary N) is 1. The van der Waals surface area contributed by atoms with E-state index in [1.807, 2.05) is 0 Å². The Morgan fingerprint density at radius 2 is 1.84 bits per heavy atom. The molecule has 0 radical (unpaired) electrons. The molecule has 1 rings (SSSR count). The monoisotopic (exact) mass is 283 g/mol. The van der Waals surface area contributed by atoms with E-state index in [2.05, 4.69) is 9.64 Å². The number of nitrogens with zero attached hydrogens (tertiary/aromatic N) is 2. The number of ether oxygens (including phenoxy) is 1. The molecule has 0 atom stereocenters. The lowest BCUT2D eigenvalue weighted by Gasteiger charge is -2.34. The molecule has 1 saturated heterocycles. The Morgan fingerprint density at radius 3 is 2.37 bits per heavy atom. The quantitative estimate of drug-likeness (QED) is 0.700. The number of carbonyl (C=O) groups is 1. The van der Waals surface area contributed by atoms with Crippen molar-refractivity contribution in [1.29, 1.82) is 0 Å². The van der Waals surface area contributed by atoms with E-state index in [0.29, 0.717) is 19.6 Å². The molecule has 0 aromatic heterocycles. The van der Waals surface area contributed by atoms with Crippen molar-refractivity contribution in [3.63, 3.8) is 0 Å². The van der Waals surface area contributed by atoms with Crippen molar-refractivity contribution >= 4 is 5.91 Å². The fourth-order valence-corrected chi connectivity index (χ4v) is 1.91. The minimum Gasteiger partial charge on any atom is -0.372 e. The molecule has 0 saturated carbocycles. The molecule has 112 valence electrons. The number of hydrogen-bond donors (Lipinski definition) is 1. The van der Waals surface area contributed by atoms with Gasteiger partial charge in [0.2, 0.25) is 5.91 Å². The van der Waals surface area contributed by atoms with Crippen LogP contribution < -0.4 is 5.73 Å². The minimum absolute atomic E-state index is 0.00698. The molecule has 0 bridgehead atoms. The van der Waals surface area contributed by atoms with Gasteiger partial charge in [0, 0.05) is 39.3 Å². The van der Waals surface area contributed by atoms with Crippen LogP contribution in [0.1, 0.15) is 6.42 Å². The van der Waals surface area contributed by atoms with Gasteiger partial charge in [0.1, 0.15) is 6.61 Å². The fraction of sp³-hybridized carbons (Fsp3) is 0.909. The smallest absolute Gasteiger partial charge is 0.372 e. The van der Waals surface area contributed by atoms with Crippen molar-refractivity contribution in [3.8, 4) is 0 Å². The molecule has 0 aliphatic carbocycles. The van der Waals surface area contributed by atoms with Gasteiger partial charge in [-0.15, -0.1) is 0 Å². The molecule has 2 N–H and O–H groups in total. The van der Waals surface area contributed by atoms with Crippen LogP contribution in [0.5, 0.6) is 0 Å². The summed E-state index contributed by atoms with van der Waals surface area (Å²) in [5.74, 6) is -0.158. The zero-order chi connectivity index (χ0) is 14.3. The number of carbonyl (C=O) groups excluding carboxylic acids is 1. The first kappa shape index (κ1) is 16.2. The fourth-order valence-electron chi connectivity index (χ4n) is 1.91. The summed E-state index contributed by atoms with van der Waals surface area (Å²) in [4.78, 5) is 15.5. The van der Waals surface area contributed by atoms with E-state index in [0.717, 1.165) is 19.6 Å². The second kappa shape index (κ2) is 7.66. The van der Waals surface area contributed by atoms with Crippen LogP contribution in [0.3, 0.4) is 0 Å². The molecule has 8 heteroatoms. The Kier molecular flexibility index (Phi) is 6.53. The van der Waals surface area contributed by atoms with Crippen molar-refractivity contribution in [2.24, 2.45) is 5.73 Å². The van der Waals surface area contributed by atoms with Gasteiger partial charge in [-0.05, 0) is 0 Å². The second-order valence-corrected chi connectivity index (χ2v) is 4.43. The van der Waals surface area contributed by atoms with Crippen molar-refractivity contribution in [2.75, 3.05) is 52.5 Å². The number of rotatable bonds is 6. The number of piperazine rings is 1. The highest BCUT2D eigenvalue weighted by Crippen LogP contribution is 2.14. The SMILES string of the molecule is NCCN1CCN(C(=O)CCOCC(F)(F)F)CC1. The number of halogens is 3. The van der Waals surface area contributed by atoms with Crippen LogP contribution in [0.4, 0.5) is 13.2 Å². The zero-order valence-corrected chi connectivity index (χ0v) is 10.8. The highest BCUT2D eigenvalue weighted by Gasteiger charge is 2.27. The molecule has 1 fully saturated rings. The maximum atomic E-state index is 11.8. The molecular weight excluding hydrogens is 263 g/mol. The van der Waals surface area contributed by atoms with Crippen molar-refractivity contribution in [3.05, 3.63) is 0 Å². The molecule has 1 amide bonds. The summed E-state index contributed by atoms with van der Waals surface area (Å²) in [6, 6.07) is 0. The Bertz CT molecular complexity index is 279. The predicted octanol–water partition coefficient (Wildman–Crippen LogP) is 0.0583. The van der Waals surface area contributed by atoms with Gasteiger partial charge in [0.05, 0.1) is 13.0 Å². The van der Waals surface area contributed by atoms with E-state index in [-0.39, 0.29) is 18.9 Å². The summed E-state index contributed by atoms with van der Waals surface area (Å²) in [5, 5.41) is 0. The topological polar surface area (TPSA) is 58.8 Å². The van der Waals surface area contributed by atoms with Crippen LogP contribution >= 0.6 is 0 Å². The van der Waals surface area contributed by atoms with Crippen molar-refractivity contribution in [1.82, 2.24) is 9.80 Å². The van der Waals surface area contributed by atoms with E-state index in [9.17, 15) is 18.0 Å². The van der Waals surface area contributed by atoms with Crippen LogP contribution in [0.2, 0.25) is 0 Å². The molecule has 1 aliphatic heterocycles. The number of alkyl halides is 3. The summed E-state index contributed by atoms with van der Waals surface area (Å²) in [6.45, 7) is 2.59. The molecule has 5 nitrogen and oxygen atoms in total. The molecule has 1 aliphatic rings. The Hall–Kier alpha value is -0.860. The van der Waals surface area contributed by atoms with Gasteiger partial charge in [-0.25, -0.2) is 0 Å². The molecule has 0 spiro atoms. The third-order valence-electron chi connectivity index (χ3n) is 2.90. The van der Waals surface area contributed by atoms with E-state index in [1.54, 1.807) is 4.90 Å². The highest BCUT2D eigenvalue weighted by molar-refractivity contribution is 5.76. The largest absolute Gasteiger partial charge is 0.411 e. The molecule has 0 unspecified atom stereocenters. The van der Waals surface area contributed by atoms with Gasteiger partial charge in [-0.1, -0.05) is 0 Å². The standard InChI is InChI=1S/C11H20F3N3O2/c12-11(13,14)9-19-8-1-10(18)17-6-4-16(3-2-15)5-7-17/h1-9,15H2. The van der Waals surface area contributed by atoms with Gasteiger partial charge in [-0.2, -0.15) is 13.2 Å². The maximum Gasteiger partial charge on any atom is 0.411 e. The molecule has 1 heterocycles. The lowest BCUT2D eigenvalue weighted by Crippen LogP contribution is -2.49. The van der Waals surface area contributed by atoms with Gasteiger partial charge in [0.15, 0.2) is 0 Å². The number of hydrogen-bond acceptors (Lipinski definition) is 4. The Labute approximate surface area is 110 Å². The van der Waals surface area contributed by atoms with E-state index < -0.39 is 12.8 Å². The van der Waals surface area contributed by atoms with Crippen molar-refractivity contribution in [2.45, 2.75) is 12.6 Å². The lowest BCUT2D eigenvalue weighted by atomic mass is 10.3. The number of amides is 1. The first-order valence-electron chi connectivity index (χ1n) is 6.27. The van der Waals surface area contributed by atoms with Gasteiger partial charge in [0.25, 0.3) is 0 Å². The average Bonchev–Trinajstić information content (AvgIpc) is 2.34. The first-order chi connectivity index (χ1) is 8.92. The average molecular weight is 283 g/mol. The third kappa shape index (κ3) is 6.74. The lowest BCUT2D eigenvalue weighted by molar-refractivity contribution is -0.175. The molecule has 0 aromatic rings. The van der Waals surface area contributed by atoms with E-state index in [1.165, 1.54) is 0 Å². The minimum atomic E-state index is -4.34. The summed E-state index contributed by atoms with van der Waals surface area (Å²) in [7, 11) is 0. The molecular formula is C11H20F3N3O2. The van der Waals surface area contributed by atoms with Crippen LogP contribution in [-0.4, -0.2) is 74.4 Å². The predicted molar refractivity (Wildman–Crippen MR) is 63.6 cm³/mol.